The normalized spacial score (nSPS) is 9.85. The van der Waals surface area contributed by atoms with Crippen molar-refractivity contribution in [2.24, 2.45) is 0 Å². The molecule has 9 rings (SSSR count). The fraction of sp³-hybridized carbons (Fsp3) is 0. The van der Waals surface area contributed by atoms with Crippen molar-refractivity contribution < 1.29 is 29.1 Å². The largest absolute Gasteiger partial charge is 0.307 e. The second-order valence-corrected chi connectivity index (χ2v) is 19.7. The molecule has 0 fully saturated rings. The minimum Gasteiger partial charge on any atom is -0.307 e. The molecule has 2 nitrogen and oxygen atoms in total. The minimum atomic E-state index is -0.446. The van der Waals surface area contributed by atoms with Gasteiger partial charge in [0.2, 0.25) is 0 Å². The van der Waals surface area contributed by atoms with Crippen LogP contribution in [0, 0.1) is 0 Å². The zero-order chi connectivity index (χ0) is 42.7. The monoisotopic (exact) mass is 948 g/mol. The van der Waals surface area contributed by atoms with Crippen LogP contribution < -0.4 is 47.7 Å². The van der Waals surface area contributed by atoms with Gasteiger partial charge in [-0.2, -0.15) is 0 Å². The van der Waals surface area contributed by atoms with E-state index in [1.807, 2.05) is 13.6 Å². The van der Waals surface area contributed by atoms with Crippen LogP contribution >= 0.6 is 23.8 Å². The van der Waals surface area contributed by atoms with Crippen LogP contribution in [0.2, 0.25) is 0 Å². The van der Waals surface area contributed by atoms with Gasteiger partial charge in [0.25, 0.3) is 0 Å². The first kappa shape index (κ1) is 48.9. The summed E-state index contributed by atoms with van der Waals surface area (Å²) in [6.07, 6.45) is 0. The van der Waals surface area contributed by atoms with Crippen LogP contribution in [-0.2, 0) is 29.1 Å². The number of hydrogen-bond acceptors (Lipinski definition) is 2. The number of carbonyl (C=O) groups excluding carboxylic acids is 2. The molecule has 0 aliphatic carbocycles. The first-order chi connectivity index (χ1) is 30.3. The average molecular weight is 948 g/mol. The maximum atomic E-state index is 8.00. The van der Waals surface area contributed by atoms with Gasteiger partial charge < -0.3 is 9.59 Å². The average Bonchev–Trinajstić information content (AvgIpc) is 3.37. The van der Waals surface area contributed by atoms with E-state index in [0.29, 0.717) is 0 Å². The molecule has 0 spiro atoms. The molecular formula is C56H49O2P3Ru. The van der Waals surface area contributed by atoms with Crippen LogP contribution in [0.25, 0.3) is 0 Å². The van der Waals surface area contributed by atoms with Gasteiger partial charge in [-0.05, 0) is 71.5 Å². The first-order valence-electron chi connectivity index (χ1n) is 19.8. The molecule has 0 aliphatic heterocycles. The topological polar surface area (TPSA) is 34.1 Å². The Kier molecular flexibility index (Phi) is 22.6. The van der Waals surface area contributed by atoms with E-state index in [4.69, 9.17) is 9.59 Å². The Bertz CT molecular complexity index is 1910. The Hall–Kier alpha value is -5.77. The second kappa shape index (κ2) is 28.7. The number of rotatable bonds is 9. The van der Waals surface area contributed by atoms with Crippen LogP contribution in [-0.4, -0.2) is 13.6 Å². The van der Waals surface area contributed by atoms with Gasteiger partial charge in [0.1, 0.15) is 13.6 Å². The van der Waals surface area contributed by atoms with Crippen molar-refractivity contribution in [2.45, 2.75) is 0 Å². The van der Waals surface area contributed by atoms with E-state index in [-0.39, 0.29) is 19.5 Å². The Morgan fingerprint density at radius 2 is 0.258 bits per heavy atom. The van der Waals surface area contributed by atoms with Gasteiger partial charge in [0.15, 0.2) is 0 Å². The number of hydrogen-bond donors (Lipinski definition) is 0. The van der Waals surface area contributed by atoms with Gasteiger partial charge in [-0.15, -0.1) is 0 Å². The van der Waals surface area contributed by atoms with Crippen molar-refractivity contribution in [3.63, 3.8) is 0 Å². The SMILES string of the molecule is C=O.C=O.[Ru].c1ccc(P(c2ccccc2)c2ccccc2)cc1.c1ccc(P(c2ccccc2)c2ccccc2)cc1.c1ccc(P(c2ccccc2)c2ccccc2)cc1. The van der Waals surface area contributed by atoms with Crippen molar-refractivity contribution in [1.82, 2.24) is 0 Å². The molecule has 0 unspecified atom stereocenters. The fourth-order valence-electron chi connectivity index (χ4n) is 6.54. The smallest absolute Gasteiger partial charge is 0.106 e. The zero-order valence-electron chi connectivity index (χ0n) is 34.4. The van der Waals surface area contributed by atoms with E-state index in [2.05, 4.69) is 273 Å². The molecule has 0 heterocycles. The van der Waals surface area contributed by atoms with Gasteiger partial charge >= 0.3 is 0 Å². The van der Waals surface area contributed by atoms with E-state index in [1.165, 1.54) is 47.7 Å². The summed E-state index contributed by atoms with van der Waals surface area (Å²) in [5.74, 6) is 0. The maximum absolute atomic E-state index is 8.00. The summed E-state index contributed by atoms with van der Waals surface area (Å²) in [4.78, 5) is 16.0. The maximum Gasteiger partial charge on any atom is 0.106 e. The third kappa shape index (κ3) is 14.7. The molecule has 0 saturated carbocycles. The minimum absolute atomic E-state index is 0. The molecule has 0 radical (unpaired) electrons. The van der Waals surface area contributed by atoms with E-state index in [0.717, 1.165) is 0 Å². The number of benzene rings is 9. The molecule has 0 aromatic heterocycles. The predicted octanol–water partition coefficient (Wildman–Crippen LogP) is 9.96. The Balaban J connectivity index is 0.000000195. The molecule has 9 aromatic carbocycles. The Labute approximate surface area is 384 Å². The summed E-state index contributed by atoms with van der Waals surface area (Å²) in [6.45, 7) is 4.00. The van der Waals surface area contributed by atoms with Gasteiger partial charge in [0.05, 0.1) is 0 Å². The Morgan fingerprint density at radius 1 is 0.177 bits per heavy atom. The quantitative estimate of drug-likeness (QED) is 0.107. The van der Waals surface area contributed by atoms with Crippen molar-refractivity contribution in [3.05, 3.63) is 273 Å². The van der Waals surface area contributed by atoms with E-state index in [1.54, 1.807) is 0 Å². The summed E-state index contributed by atoms with van der Waals surface area (Å²) in [6, 6.07) is 97.0. The molecule has 0 N–H and O–H groups in total. The second-order valence-electron chi connectivity index (χ2n) is 13.0. The van der Waals surface area contributed by atoms with Crippen LogP contribution in [0.4, 0.5) is 0 Å². The molecule has 308 valence electrons. The van der Waals surface area contributed by atoms with Crippen molar-refractivity contribution in [1.29, 1.82) is 0 Å². The summed E-state index contributed by atoms with van der Waals surface area (Å²) in [5.41, 5.74) is 0. The van der Waals surface area contributed by atoms with Gasteiger partial charge in [-0.25, -0.2) is 0 Å². The summed E-state index contributed by atoms with van der Waals surface area (Å²) >= 11 is 0. The van der Waals surface area contributed by atoms with Crippen LogP contribution in [0.5, 0.6) is 0 Å². The van der Waals surface area contributed by atoms with Crippen LogP contribution in [0.3, 0.4) is 0 Å². The van der Waals surface area contributed by atoms with Crippen LogP contribution in [0.1, 0.15) is 0 Å². The van der Waals surface area contributed by atoms with E-state index in [9.17, 15) is 0 Å². The first-order valence-corrected chi connectivity index (χ1v) is 23.8. The number of carbonyl (C=O) groups is 2. The molecule has 9 aromatic rings. The van der Waals surface area contributed by atoms with Gasteiger partial charge in [-0.1, -0.05) is 273 Å². The molecule has 0 amide bonds. The van der Waals surface area contributed by atoms with E-state index < -0.39 is 23.8 Å². The fourth-order valence-corrected chi connectivity index (χ4v) is 13.5. The standard InChI is InChI=1S/3C18H15P.2CH2O.Ru/c3*1-4-10-16(11-5-1)19(17-12-6-2-7-13-17)18-14-8-3-9-15-18;2*1-2;/h3*1-15H;2*1H2;. The third-order valence-corrected chi connectivity index (χ3v) is 16.5. The predicted molar refractivity (Wildman–Crippen MR) is 270 cm³/mol. The molecule has 0 atom stereocenters. The van der Waals surface area contributed by atoms with E-state index >= 15 is 0 Å². The van der Waals surface area contributed by atoms with Crippen molar-refractivity contribution in [3.8, 4) is 0 Å². The summed E-state index contributed by atoms with van der Waals surface area (Å²) < 4.78 is 0. The molecule has 62 heavy (non-hydrogen) atoms. The molecule has 6 heteroatoms. The Morgan fingerprint density at radius 3 is 0.339 bits per heavy atom. The summed E-state index contributed by atoms with van der Waals surface area (Å²) in [5, 5.41) is 12.6. The van der Waals surface area contributed by atoms with Gasteiger partial charge in [0, 0.05) is 19.5 Å². The van der Waals surface area contributed by atoms with Gasteiger partial charge in [-0.3, -0.25) is 0 Å². The molecule has 0 bridgehead atoms. The molecular weight excluding hydrogens is 899 g/mol. The van der Waals surface area contributed by atoms with Crippen LogP contribution in [0.15, 0.2) is 273 Å². The zero-order valence-corrected chi connectivity index (χ0v) is 38.8. The van der Waals surface area contributed by atoms with Crippen molar-refractivity contribution in [2.75, 3.05) is 0 Å². The summed E-state index contributed by atoms with van der Waals surface area (Å²) in [7, 11) is -1.34. The molecule has 0 aliphatic rings. The van der Waals surface area contributed by atoms with Crippen molar-refractivity contribution >= 4 is 85.1 Å². The third-order valence-electron chi connectivity index (χ3n) is 9.13. The molecule has 0 saturated heterocycles.